The minimum absolute atomic E-state index is 0.691. The van der Waals surface area contributed by atoms with Crippen molar-refractivity contribution in [2.45, 2.75) is 71.4 Å². The summed E-state index contributed by atoms with van der Waals surface area (Å²) in [5.74, 6) is 5.33. The summed E-state index contributed by atoms with van der Waals surface area (Å²) in [6.07, 6.45) is 8.37. The van der Waals surface area contributed by atoms with Crippen LogP contribution in [-0.4, -0.2) is 16.4 Å². The van der Waals surface area contributed by atoms with Crippen LogP contribution in [0, 0.1) is 17.4 Å². The van der Waals surface area contributed by atoms with Crippen LogP contribution < -0.4 is 0 Å². The molecule has 0 saturated carbocycles. The van der Waals surface area contributed by atoms with Crippen molar-refractivity contribution >= 4 is 16.4 Å². The lowest BCUT2D eigenvalue weighted by atomic mass is 9.91. The zero-order valence-electron chi connectivity index (χ0n) is 13.6. The molecule has 1 nitrogen and oxygen atoms in total. The Labute approximate surface area is 122 Å². The molecule has 19 heavy (non-hydrogen) atoms. The molecule has 0 amide bonds. The van der Waals surface area contributed by atoms with Gasteiger partial charge in [-0.05, 0) is 50.9 Å². The van der Waals surface area contributed by atoms with E-state index >= 15 is 0 Å². The number of rotatable bonds is 4. The summed E-state index contributed by atoms with van der Waals surface area (Å²) in [5, 5.41) is 0. The summed E-state index contributed by atoms with van der Waals surface area (Å²) in [6.45, 7) is 13.7. The van der Waals surface area contributed by atoms with Gasteiger partial charge in [-0.15, -0.1) is 11.5 Å². The molecule has 0 saturated heterocycles. The van der Waals surface area contributed by atoms with Gasteiger partial charge in [0.15, 0.2) is 0 Å². The van der Waals surface area contributed by atoms with Crippen LogP contribution in [0.2, 0.25) is 39.3 Å². The van der Waals surface area contributed by atoms with Crippen molar-refractivity contribution in [3.63, 3.8) is 0 Å². The van der Waals surface area contributed by atoms with Gasteiger partial charge >= 0.3 is 0 Å². The van der Waals surface area contributed by atoms with Gasteiger partial charge in [0.05, 0.1) is 5.76 Å². The lowest BCUT2D eigenvalue weighted by Crippen LogP contribution is -2.26. The van der Waals surface area contributed by atoms with Gasteiger partial charge in [0.1, 0.15) is 8.07 Å². The predicted molar refractivity (Wildman–Crippen MR) is 90.2 cm³/mol. The molecule has 0 aliphatic heterocycles. The van der Waals surface area contributed by atoms with Crippen molar-refractivity contribution in [2.75, 3.05) is 0 Å². The third kappa shape index (κ3) is 8.33. The first-order chi connectivity index (χ1) is 8.66. The van der Waals surface area contributed by atoms with Crippen molar-refractivity contribution in [3.8, 4) is 11.5 Å². The second kappa shape index (κ2) is 6.81. The molecule has 1 aliphatic carbocycles. The van der Waals surface area contributed by atoms with Crippen LogP contribution in [0.25, 0.3) is 0 Å². The molecule has 0 spiro atoms. The van der Waals surface area contributed by atoms with Gasteiger partial charge in [-0.1, -0.05) is 19.6 Å². The van der Waals surface area contributed by atoms with Crippen LogP contribution in [0.5, 0.6) is 0 Å². The Kier molecular flexibility index (Phi) is 5.94. The third-order valence-electron chi connectivity index (χ3n) is 2.96. The van der Waals surface area contributed by atoms with Gasteiger partial charge in [0.2, 0.25) is 8.32 Å². The van der Waals surface area contributed by atoms with E-state index in [-0.39, 0.29) is 0 Å². The van der Waals surface area contributed by atoms with Gasteiger partial charge < -0.3 is 4.43 Å². The fourth-order valence-corrected chi connectivity index (χ4v) is 3.87. The Bertz CT molecular complexity index is 374. The Morgan fingerprint density at radius 2 is 1.89 bits per heavy atom. The molecule has 0 N–H and O–H groups in total. The van der Waals surface area contributed by atoms with Crippen LogP contribution in [0.1, 0.15) is 32.1 Å². The maximum absolute atomic E-state index is 6.14. The van der Waals surface area contributed by atoms with Crippen molar-refractivity contribution in [1.29, 1.82) is 0 Å². The van der Waals surface area contributed by atoms with Crippen LogP contribution in [0.3, 0.4) is 0 Å². The quantitative estimate of drug-likeness (QED) is 0.512. The Morgan fingerprint density at radius 1 is 1.21 bits per heavy atom. The summed E-state index contributed by atoms with van der Waals surface area (Å²) >= 11 is 0. The van der Waals surface area contributed by atoms with Crippen LogP contribution in [-0.2, 0) is 4.43 Å². The molecular formula is C16H30OSi2. The Hall–Kier alpha value is -0.466. The number of hydrogen-bond acceptors (Lipinski definition) is 1. The van der Waals surface area contributed by atoms with E-state index in [0.717, 1.165) is 12.8 Å². The van der Waals surface area contributed by atoms with Gasteiger partial charge in [0.25, 0.3) is 0 Å². The molecule has 3 heteroatoms. The molecule has 0 bridgehead atoms. The third-order valence-corrected chi connectivity index (χ3v) is 4.76. The highest BCUT2D eigenvalue weighted by molar-refractivity contribution is 6.83. The fraction of sp³-hybridized carbons (Fsp3) is 0.750. The number of hydrogen-bond donors (Lipinski definition) is 0. The monoisotopic (exact) mass is 294 g/mol. The van der Waals surface area contributed by atoms with E-state index in [2.05, 4.69) is 56.8 Å². The van der Waals surface area contributed by atoms with Gasteiger partial charge in [0, 0.05) is 12.8 Å². The van der Waals surface area contributed by atoms with Crippen LogP contribution in [0.15, 0.2) is 11.8 Å². The van der Waals surface area contributed by atoms with Crippen LogP contribution >= 0.6 is 0 Å². The molecule has 0 aromatic heterocycles. The van der Waals surface area contributed by atoms with Crippen molar-refractivity contribution in [3.05, 3.63) is 11.8 Å². The lowest BCUT2D eigenvalue weighted by Gasteiger charge is -2.27. The second-order valence-corrected chi connectivity index (χ2v) is 16.8. The van der Waals surface area contributed by atoms with Gasteiger partial charge in [-0.25, -0.2) is 0 Å². The van der Waals surface area contributed by atoms with E-state index in [9.17, 15) is 0 Å². The lowest BCUT2D eigenvalue weighted by molar-refractivity contribution is 0.353. The molecule has 1 aliphatic rings. The van der Waals surface area contributed by atoms with E-state index in [1.807, 2.05) is 0 Å². The molecular weight excluding hydrogens is 264 g/mol. The minimum atomic E-state index is -1.43. The molecule has 108 valence electrons. The average Bonchev–Trinajstić information content (AvgIpc) is 2.21. The summed E-state index contributed by atoms with van der Waals surface area (Å²) in [5.41, 5.74) is 3.45. The fourth-order valence-electron chi connectivity index (χ4n) is 2.26. The maximum atomic E-state index is 6.14. The molecule has 0 fully saturated rings. The highest BCUT2D eigenvalue weighted by Crippen LogP contribution is 2.28. The predicted octanol–water partition coefficient (Wildman–Crippen LogP) is 5.18. The summed E-state index contributed by atoms with van der Waals surface area (Å²) in [7, 11) is -2.61. The summed E-state index contributed by atoms with van der Waals surface area (Å²) in [6, 6.07) is 0. The largest absolute Gasteiger partial charge is 0.548 e. The molecule has 1 atom stereocenters. The topological polar surface area (TPSA) is 9.23 Å². The molecule has 0 aromatic rings. The zero-order chi connectivity index (χ0) is 14.5. The first kappa shape index (κ1) is 16.6. The van der Waals surface area contributed by atoms with E-state index in [4.69, 9.17) is 4.43 Å². The van der Waals surface area contributed by atoms with Crippen LogP contribution in [0.4, 0.5) is 0 Å². The van der Waals surface area contributed by atoms with E-state index in [1.165, 1.54) is 25.0 Å². The van der Waals surface area contributed by atoms with Crippen molar-refractivity contribution < 1.29 is 4.43 Å². The van der Waals surface area contributed by atoms with E-state index in [0.29, 0.717) is 5.92 Å². The SMILES string of the molecule is C[Si](C)(C)C#CCCC1C=C(O[Si](C)(C)C)CCC1. The molecule has 0 radical (unpaired) electrons. The molecule has 1 unspecified atom stereocenters. The standard InChI is InChI=1S/C16H30OSi2/c1-18(2,3)13-8-7-10-15-11-9-12-16(14-15)17-19(4,5)6/h14-15H,7,9-12H2,1-6H3. The highest BCUT2D eigenvalue weighted by atomic mass is 28.4. The normalized spacial score (nSPS) is 20.3. The second-order valence-electron chi connectivity index (χ2n) is 7.59. The zero-order valence-corrected chi connectivity index (χ0v) is 15.6. The highest BCUT2D eigenvalue weighted by Gasteiger charge is 2.21. The van der Waals surface area contributed by atoms with E-state index in [1.54, 1.807) is 0 Å². The minimum Gasteiger partial charge on any atom is -0.548 e. The van der Waals surface area contributed by atoms with E-state index < -0.39 is 16.4 Å². The summed E-state index contributed by atoms with van der Waals surface area (Å²) < 4.78 is 6.14. The first-order valence-electron chi connectivity index (χ1n) is 7.55. The Morgan fingerprint density at radius 3 is 2.47 bits per heavy atom. The maximum Gasteiger partial charge on any atom is 0.241 e. The van der Waals surface area contributed by atoms with Gasteiger partial charge in [-0.3, -0.25) is 0 Å². The molecule has 0 aromatic carbocycles. The van der Waals surface area contributed by atoms with Gasteiger partial charge in [-0.2, -0.15) is 0 Å². The molecule has 1 rings (SSSR count). The summed E-state index contributed by atoms with van der Waals surface area (Å²) in [4.78, 5) is 0. The van der Waals surface area contributed by atoms with Crippen molar-refractivity contribution in [2.24, 2.45) is 5.92 Å². The Balaban J connectivity index is 2.46. The number of allylic oxidation sites excluding steroid dienone is 2. The smallest absolute Gasteiger partial charge is 0.241 e. The van der Waals surface area contributed by atoms with Crippen molar-refractivity contribution in [1.82, 2.24) is 0 Å². The first-order valence-corrected chi connectivity index (χ1v) is 14.5. The molecule has 0 heterocycles. The average molecular weight is 295 g/mol.